The summed E-state index contributed by atoms with van der Waals surface area (Å²) in [6.45, 7) is 0. The fraction of sp³-hybridized carbons (Fsp3) is 0. The maximum absolute atomic E-state index is 9.75. The van der Waals surface area contributed by atoms with Crippen LogP contribution in [0.2, 0.25) is 0 Å². The normalized spacial score (nSPS) is 7.50. The average molecular weight is 168 g/mol. The predicted molar refractivity (Wildman–Crippen MR) is 17.4 cm³/mol. The Morgan fingerprint density at radius 1 is 1.00 bits per heavy atom. The van der Waals surface area contributed by atoms with Crippen molar-refractivity contribution < 1.29 is 101 Å². The minimum atomic E-state index is -6.00. The fourth-order valence-corrected chi connectivity index (χ4v) is 0. The zero-order chi connectivity index (χ0) is 4.50. The van der Waals surface area contributed by atoms with Gasteiger partial charge in [-0.3, -0.25) is 0 Å². The monoisotopic (exact) mass is 168 g/mol. The van der Waals surface area contributed by atoms with Gasteiger partial charge in [0, 0.05) is 0 Å². The van der Waals surface area contributed by atoms with Crippen LogP contribution in [-0.2, 0) is 0 Å². The first-order chi connectivity index (χ1) is 2.00. The van der Waals surface area contributed by atoms with Crippen LogP contribution in [0.3, 0.4) is 0 Å². The second-order valence-corrected chi connectivity index (χ2v) is 0.495. The molecule has 1 nitrogen and oxygen atoms in total. The maximum atomic E-state index is 9.75. The van der Waals surface area contributed by atoms with Crippen molar-refractivity contribution in [2.45, 2.75) is 0 Å². The molecule has 0 aliphatic carbocycles. The molecule has 0 bridgehead atoms. The quantitative estimate of drug-likeness (QED) is 0.288. The van der Waals surface area contributed by atoms with Gasteiger partial charge in [-0.2, -0.15) is 0 Å². The van der Waals surface area contributed by atoms with E-state index in [-0.39, 0.29) is 89.9 Å². The summed E-state index contributed by atoms with van der Waals surface area (Å²) in [5.74, 6) is 0. The van der Waals surface area contributed by atoms with Crippen molar-refractivity contribution in [3.63, 3.8) is 0 Å². The van der Waals surface area contributed by atoms with E-state index in [0.717, 1.165) is 0 Å². The van der Waals surface area contributed by atoms with E-state index in [0.29, 0.717) is 0 Å². The van der Waals surface area contributed by atoms with E-state index in [2.05, 4.69) is 0 Å². The Kier molecular flexibility index (Phi) is 26.3. The molecule has 0 aromatic heterocycles. The van der Waals surface area contributed by atoms with Crippen LogP contribution in [-0.4, -0.2) is 7.25 Å². The van der Waals surface area contributed by atoms with Crippen LogP contribution >= 0.6 is 0 Å². The Morgan fingerprint density at radius 2 is 1.00 bits per heavy atom. The number of halogens is 4. The fourth-order valence-electron chi connectivity index (χ4n) is 0. The second kappa shape index (κ2) is 9.38. The second-order valence-electron chi connectivity index (χ2n) is 0.495. The predicted octanol–water partition coefficient (Wildman–Crippen LogP) is -4.30. The number of hydrogen-bond acceptors (Lipinski definition) is 1. The summed E-state index contributed by atoms with van der Waals surface area (Å²) in [7, 11) is -6.00. The smallest absolute Gasteiger partial charge is 1.00 e. The van der Waals surface area contributed by atoms with Gasteiger partial charge in [-0.05, 0) is 0 Å². The Balaban J connectivity index is -0.00000000800. The summed E-state index contributed by atoms with van der Waals surface area (Å²) in [5.41, 5.74) is 0. The van der Waals surface area contributed by atoms with Crippen LogP contribution in [0, 0.1) is 0 Å². The SMILES string of the molecule is F[B-](F)(F)F.N.[H-].[H-].[K+].[Na+]. The van der Waals surface area contributed by atoms with Gasteiger partial charge in [0.15, 0.2) is 0 Å². The summed E-state index contributed by atoms with van der Waals surface area (Å²) in [4.78, 5) is 0. The van der Waals surface area contributed by atoms with Crippen LogP contribution in [0.4, 0.5) is 17.3 Å². The Bertz CT molecular complexity index is 38.7. The molecule has 0 heterocycles. The van der Waals surface area contributed by atoms with Crippen molar-refractivity contribution in [1.82, 2.24) is 6.15 Å². The molecule has 0 aliphatic rings. The molecule has 0 aliphatic heterocycles. The third kappa shape index (κ3) is 80.5. The molecule has 0 radical (unpaired) electrons. The summed E-state index contributed by atoms with van der Waals surface area (Å²) in [6, 6.07) is 0. The minimum absolute atomic E-state index is 0. The molecular formula is H5BF4KNNa-. The van der Waals surface area contributed by atoms with Gasteiger partial charge in [0.2, 0.25) is 0 Å². The van der Waals surface area contributed by atoms with Crippen LogP contribution in [0.5, 0.6) is 0 Å². The van der Waals surface area contributed by atoms with Crippen molar-refractivity contribution in [3.05, 3.63) is 0 Å². The maximum Gasteiger partial charge on any atom is 1.00 e. The van der Waals surface area contributed by atoms with Crippen molar-refractivity contribution in [3.8, 4) is 0 Å². The van der Waals surface area contributed by atoms with E-state index in [9.17, 15) is 17.3 Å². The van der Waals surface area contributed by atoms with E-state index >= 15 is 0 Å². The molecular weight excluding hydrogens is 163 g/mol. The summed E-state index contributed by atoms with van der Waals surface area (Å²) >= 11 is 0. The van der Waals surface area contributed by atoms with Gasteiger partial charge < -0.3 is 26.3 Å². The first kappa shape index (κ1) is 22.4. The van der Waals surface area contributed by atoms with Crippen LogP contribution < -0.4 is 87.1 Å². The Hall–Kier alpha value is 2.38. The standard InChI is InChI=1S/BF4.K.H3N.Na.2H/c2-1(3,4)5;;;;;/h;;1H3;;;/q-1;+1;;+1;2*-1. The molecule has 0 amide bonds. The summed E-state index contributed by atoms with van der Waals surface area (Å²) in [6.07, 6.45) is 0. The first-order valence-corrected chi connectivity index (χ1v) is 0.873. The van der Waals surface area contributed by atoms with Gasteiger partial charge in [-0.25, -0.2) is 0 Å². The van der Waals surface area contributed by atoms with Crippen LogP contribution in [0.25, 0.3) is 0 Å². The zero-order valence-electron chi connectivity index (χ0n) is 6.80. The van der Waals surface area contributed by atoms with Gasteiger partial charge in [0.05, 0.1) is 0 Å². The van der Waals surface area contributed by atoms with Crippen molar-refractivity contribution in [2.24, 2.45) is 0 Å². The first-order valence-electron chi connectivity index (χ1n) is 0.873. The molecule has 0 saturated carbocycles. The van der Waals surface area contributed by atoms with Crippen molar-refractivity contribution in [1.29, 1.82) is 0 Å². The molecule has 0 rings (SSSR count). The van der Waals surface area contributed by atoms with E-state index in [1.54, 1.807) is 0 Å². The Morgan fingerprint density at radius 3 is 1.00 bits per heavy atom. The van der Waals surface area contributed by atoms with E-state index in [1.807, 2.05) is 0 Å². The molecule has 0 spiro atoms. The third-order valence-electron chi connectivity index (χ3n) is 0. The van der Waals surface area contributed by atoms with E-state index in [1.165, 1.54) is 0 Å². The largest absolute Gasteiger partial charge is 1.00 e. The Labute approximate surface area is 112 Å². The molecule has 0 unspecified atom stereocenters. The molecule has 0 aromatic carbocycles. The average Bonchev–Trinajstić information content (AvgIpc) is 0.722. The minimum Gasteiger partial charge on any atom is -1.00 e. The molecule has 44 valence electrons. The van der Waals surface area contributed by atoms with Gasteiger partial charge in [0.25, 0.3) is 0 Å². The summed E-state index contributed by atoms with van der Waals surface area (Å²) < 4.78 is 39.0. The third-order valence-corrected chi connectivity index (χ3v) is 0. The van der Waals surface area contributed by atoms with Gasteiger partial charge in [-0.1, -0.05) is 0 Å². The molecule has 0 atom stereocenters. The van der Waals surface area contributed by atoms with Crippen molar-refractivity contribution >= 4 is 7.25 Å². The van der Waals surface area contributed by atoms with Crippen molar-refractivity contribution in [2.75, 3.05) is 0 Å². The number of hydrogen-bond donors (Lipinski definition) is 1. The molecule has 3 N–H and O–H groups in total. The van der Waals surface area contributed by atoms with Crippen LogP contribution in [0.15, 0.2) is 0 Å². The molecule has 0 fully saturated rings. The van der Waals surface area contributed by atoms with E-state index < -0.39 is 7.25 Å². The van der Waals surface area contributed by atoms with E-state index in [4.69, 9.17) is 0 Å². The van der Waals surface area contributed by atoms with Gasteiger partial charge in [-0.15, -0.1) is 0 Å². The van der Waals surface area contributed by atoms with Crippen LogP contribution in [0.1, 0.15) is 2.85 Å². The molecule has 8 heteroatoms. The van der Waals surface area contributed by atoms with Gasteiger partial charge >= 0.3 is 88.2 Å². The van der Waals surface area contributed by atoms with Gasteiger partial charge in [0.1, 0.15) is 0 Å². The summed E-state index contributed by atoms with van der Waals surface area (Å²) in [5, 5.41) is 0. The topological polar surface area (TPSA) is 35.0 Å². The number of rotatable bonds is 0. The molecule has 0 aromatic rings. The molecule has 8 heavy (non-hydrogen) atoms. The molecule has 0 saturated heterocycles. The zero-order valence-corrected chi connectivity index (χ0v) is 9.92.